The summed E-state index contributed by atoms with van der Waals surface area (Å²) >= 11 is 0. The molecule has 1 aliphatic rings. The van der Waals surface area contributed by atoms with Crippen LogP contribution in [0.3, 0.4) is 0 Å². The smallest absolute Gasteiger partial charge is 0.251 e. The number of carbonyl (C=O) groups is 1. The summed E-state index contributed by atoms with van der Waals surface area (Å²) in [7, 11) is -3.51. The Bertz CT molecular complexity index is 669. The highest BCUT2D eigenvalue weighted by atomic mass is 35.5. The van der Waals surface area contributed by atoms with Crippen LogP contribution in [0.1, 0.15) is 49.9 Å². The van der Waals surface area contributed by atoms with Crippen molar-refractivity contribution < 1.29 is 13.2 Å². The van der Waals surface area contributed by atoms with Crippen LogP contribution < -0.4 is 11.1 Å². The molecule has 1 unspecified atom stereocenters. The number of nitrogens with zero attached hydrogens (tertiary/aromatic N) is 1. The molecule has 1 saturated carbocycles. The normalized spacial score (nSPS) is 15.4. The van der Waals surface area contributed by atoms with Gasteiger partial charge in [-0.1, -0.05) is 13.8 Å². The number of hydrogen-bond acceptors (Lipinski definition) is 4. The van der Waals surface area contributed by atoms with Crippen LogP contribution in [0.2, 0.25) is 0 Å². The second-order valence-corrected chi connectivity index (χ2v) is 8.58. The van der Waals surface area contributed by atoms with Crippen molar-refractivity contribution in [2.75, 3.05) is 19.6 Å². The van der Waals surface area contributed by atoms with Gasteiger partial charge in [-0.15, -0.1) is 12.4 Å². The zero-order valence-electron chi connectivity index (χ0n) is 15.5. The van der Waals surface area contributed by atoms with Crippen LogP contribution >= 0.6 is 12.4 Å². The van der Waals surface area contributed by atoms with E-state index in [4.69, 9.17) is 5.73 Å². The molecule has 1 fully saturated rings. The minimum Gasteiger partial charge on any atom is -0.350 e. The summed E-state index contributed by atoms with van der Waals surface area (Å²) in [6.07, 6.45) is 3.80. The van der Waals surface area contributed by atoms with E-state index in [0.29, 0.717) is 31.1 Å². The number of carbonyl (C=O) groups excluding carboxylic acids is 1. The quantitative estimate of drug-likeness (QED) is 0.627. The first kappa shape index (κ1) is 22.9. The van der Waals surface area contributed by atoms with Gasteiger partial charge in [0.15, 0.2) is 0 Å². The van der Waals surface area contributed by atoms with Gasteiger partial charge in [0.25, 0.3) is 5.91 Å². The highest BCUT2D eigenvalue weighted by Gasteiger charge is 2.28. The molecule has 1 amide bonds. The number of amides is 1. The van der Waals surface area contributed by atoms with Crippen molar-refractivity contribution in [2.45, 2.75) is 50.5 Å². The van der Waals surface area contributed by atoms with Crippen LogP contribution in [0.4, 0.5) is 0 Å². The Morgan fingerprint density at radius 1 is 1.19 bits per heavy atom. The van der Waals surface area contributed by atoms with Crippen molar-refractivity contribution in [2.24, 2.45) is 11.7 Å². The fourth-order valence-electron chi connectivity index (χ4n) is 2.78. The van der Waals surface area contributed by atoms with Crippen LogP contribution in [0, 0.1) is 5.92 Å². The van der Waals surface area contributed by atoms with E-state index in [0.717, 1.165) is 25.7 Å². The van der Waals surface area contributed by atoms with E-state index in [2.05, 4.69) is 5.32 Å². The number of hydrogen-bond donors (Lipinski definition) is 2. The molecule has 1 aromatic carbocycles. The van der Waals surface area contributed by atoms with Gasteiger partial charge in [0.05, 0.1) is 4.90 Å². The zero-order valence-corrected chi connectivity index (χ0v) is 17.1. The SMILES string of the molecule is CCCN(CCC)S(=O)(=O)c1ccc(C(=O)NCC(N)C2CC2)cc1.Cl. The molecular weight excluding hydrogens is 374 g/mol. The first-order valence-corrected chi connectivity index (χ1v) is 10.5. The Balaban J connectivity index is 0.00000338. The largest absolute Gasteiger partial charge is 0.350 e. The molecule has 0 aliphatic heterocycles. The molecular formula is C18H30ClN3O3S. The molecule has 0 saturated heterocycles. The molecule has 1 aromatic rings. The highest BCUT2D eigenvalue weighted by molar-refractivity contribution is 7.89. The molecule has 1 atom stereocenters. The van der Waals surface area contributed by atoms with Gasteiger partial charge in [-0.25, -0.2) is 8.42 Å². The van der Waals surface area contributed by atoms with Gasteiger partial charge < -0.3 is 11.1 Å². The molecule has 0 radical (unpaired) electrons. The summed E-state index contributed by atoms with van der Waals surface area (Å²) in [5.74, 6) is 0.301. The fourth-order valence-corrected chi connectivity index (χ4v) is 4.41. The summed E-state index contributed by atoms with van der Waals surface area (Å²) in [6.45, 7) is 5.36. The fraction of sp³-hybridized carbons (Fsp3) is 0.611. The summed E-state index contributed by atoms with van der Waals surface area (Å²) < 4.78 is 26.9. The minimum absolute atomic E-state index is 0. The van der Waals surface area contributed by atoms with E-state index in [-0.39, 0.29) is 29.3 Å². The number of sulfonamides is 1. The lowest BCUT2D eigenvalue weighted by Crippen LogP contribution is -2.38. The molecule has 0 heterocycles. The summed E-state index contributed by atoms with van der Waals surface area (Å²) in [5.41, 5.74) is 6.42. The maximum absolute atomic E-state index is 12.7. The molecule has 0 aromatic heterocycles. The van der Waals surface area contributed by atoms with Crippen molar-refractivity contribution in [3.05, 3.63) is 29.8 Å². The Hall–Kier alpha value is -1.15. The van der Waals surface area contributed by atoms with E-state index in [1.807, 2.05) is 13.8 Å². The van der Waals surface area contributed by atoms with Gasteiger partial charge in [-0.2, -0.15) is 4.31 Å². The highest BCUT2D eigenvalue weighted by Crippen LogP contribution is 2.31. The third-order valence-corrected chi connectivity index (χ3v) is 6.34. The lowest BCUT2D eigenvalue weighted by atomic mass is 10.2. The molecule has 0 bridgehead atoms. The van der Waals surface area contributed by atoms with Crippen molar-refractivity contribution in [1.29, 1.82) is 0 Å². The van der Waals surface area contributed by atoms with E-state index < -0.39 is 10.0 Å². The summed E-state index contributed by atoms with van der Waals surface area (Å²) in [4.78, 5) is 12.4. The third kappa shape index (κ3) is 5.94. The van der Waals surface area contributed by atoms with Crippen LogP contribution in [0.5, 0.6) is 0 Å². The van der Waals surface area contributed by atoms with Gasteiger partial charge in [-0.05, 0) is 55.9 Å². The lowest BCUT2D eigenvalue weighted by Gasteiger charge is -2.21. The summed E-state index contributed by atoms with van der Waals surface area (Å²) in [6, 6.07) is 6.12. The molecule has 6 nitrogen and oxygen atoms in total. The Morgan fingerprint density at radius 3 is 2.19 bits per heavy atom. The van der Waals surface area contributed by atoms with E-state index in [9.17, 15) is 13.2 Å². The van der Waals surface area contributed by atoms with Gasteiger partial charge >= 0.3 is 0 Å². The number of nitrogens with two attached hydrogens (primary N) is 1. The van der Waals surface area contributed by atoms with Crippen molar-refractivity contribution in [3.8, 4) is 0 Å². The maximum atomic E-state index is 12.7. The standard InChI is InChI=1S/C18H29N3O3S.ClH/c1-3-11-21(12-4-2)25(23,24)16-9-7-15(8-10-16)18(22)20-13-17(19)14-5-6-14;/h7-10,14,17H,3-6,11-13,19H2,1-2H3,(H,20,22);1H. The number of nitrogens with one attached hydrogen (secondary N) is 1. The number of benzene rings is 1. The first-order chi connectivity index (χ1) is 11.9. The van der Waals surface area contributed by atoms with E-state index in [1.165, 1.54) is 16.4 Å². The average molecular weight is 404 g/mol. The molecule has 0 spiro atoms. The Labute approximate surface area is 163 Å². The van der Waals surface area contributed by atoms with Crippen LogP contribution in [0.15, 0.2) is 29.2 Å². The minimum atomic E-state index is -3.51. The average Bonchev–Trinajstić information content (AvgIpc) is 3.44. The van der Waals surface area contributed by atoms with Gasteiger partial charge in [0.2, 0.25) is 10.0 Å². The molecule has 148 valence electrons. The van der Waals surface area contributed by atoms with Crippen LogP contribution in [-0.4, -0.2) is 44.3 Å². The van der Waals surface area contributed by atoms with Crippen LogP contribution in [0.25, 0.3) is 0 Å². The second kappa shape index (κ2) is 10.3. The zero-order chi connectivity index (χ0) is 18.4. The van der Waals surface area contributed by atoms with Crippen LogP contribution in [-0.2, 0) is 10.0 Å². The van der Waals surface area contributed by atoms with Crippen molar-refractivity contribution >= 4 is 28.3 Å². The maximum Gasteiger partial charge on any atom is 0.251 e. The first-order valence-electron chi connectivity index (χ1n) is 9.04. The Morgan fingerprint density at radius 2 is 1.73 bits per heavy atom. The third-order valence-electron chi connectivity index (χ3n) is 4.43. The number of rotatable bonds is 10. The Kier molecular flexibility index (Phi) is 9.03. The van der Waals surface area contributed by atoms with Crippen molar-refractivity contribution in [3.63, 3.8) is 0 Å². The monoisotopic (exact) mass is 403 g/mol. The molecule has 8 heteroatoms. The van der Waals surface area contributed by atoms with Gasteiger partial charge in [0, 0.05) is 31.2 Å². The molecule has 2 rings (SSSR count). The lowest BCUT2D eigenvalue weighted by molar-refractivity contribution is 0.0950. The molecule has 3 N–H and O–H groups in total. The van der Waals surface area contributed by atoms with E-state index >= 15 is 0 Å². The topological polar surface area (TPSA) is 92.5 Å². The molecule has 1 aliphatic carbocycles. The molecule has 26 heavy (non-hydrogen) atoms. The number of halogens is 1. The van der Waals surface area contributed by atoms with Gasteiger partial charge in [-0.3, -0.25) is 4.79 Å². The summed E-state index contributed by atoms with van der Waals surface area (Å²) in [5, 5.41) is 2.82. The predicted molar refractivity (Wildman–Crippen MR) is 106 cm³/mol. The van der Waals surface area contributed by atoms with E-state index in [1.54, 1.807) is 12.1 Å². The predicted octanol–water partition coefficient (Wildman–Crippen LogP) is 2.39. The van der Waals surface area contributed by atoms with Gasteiger partial charge in [0.1, 0.15) is 0 Å². The second-order valence-electron chi connectivity index (χ2n) is 6.64. The van der Waals surface area contributed by atoms with Crippen molar-refractivity contribution in [1.82, 2.24) is 9.62 Å².